The molecule has 2 heteroatoms. The fraction of sp³-hybridized carbons (Fsp3) is 1.00. The van der Waals surface area contributed by atoms with E-state index in [2.05, 4.69) is 0 Å². The van der Waals surface area contributed by atoms with E-state index in [4.69, 9.17) is 9.47 Å². The molecule has 0 atom stereocenters. The average Bonchev–Trinajstić information content (AvgIpc) is 2.09. The Balaban J connectivity index is 2.11. The van der Waals surface area contributed by atoms with Crippen molar-refractivity contribution in [1.29, 1.82) is 0 Å². The molecule has 0 heterocycles. The van der Waals surface area contributed by atoms with Crippen LogP contribution >= 0.6 is 0 Å². The van der Waals surface area contributed by atoms with Crippen molar-refractivity contribution in [1.82, 2.24) is 0 Å². The van der Waals surface area contributed by atoms with Crippen molar-refractivity contribution in [3.8, 4) is 0 Å². The molecule has 0 radical (unpaired) electrons. The topological polar surface area (TPSA) is 18.5 Å². The van der Waals surface area contributed by atoms with E-state index in [1.165, 1.54) is 25.7 Å². The number of hydrogen-bond acceptors (Lipinski definition) is 2. The van der Waals surface area contributed by atoms with Crippen LogP contribution in [0.4, 0.5) is 0 Å². The van der Waals surface area contributed by atoms with Crippen molar-refractivity contribution < 1.29 is 9.47 Å². The molecule has 0 N–H and O–H groups in total. The molecule has 2 nitrogen and oxygen atoms in total. The van der Waals surface area contributed by atoms with Crippen LogP contribution in [-0.2, 0) is 9.47 Å². The van der Waals surface area contributed by atoms with E-state index >= 15 is 0 Å². The van der Waals surface area contributed by atoms with E-state index in [0.29, 0.717) is 0 Å². The quantitative estimate of drug-likeness (QED) is 0.646. The fourth-order valence-electron chi connectivity index (χ4n) is 2.04. The summed E-state index contributed by atoms with van der Waals surface area (Å²) in [6.07, 6.45) is 5.29. The summed E-state index contributed by atoms with van der Waals surface area (Å²) >= 11 is 0. The summed E-state index contributed by atoms with van der Waals surface area (Å²) in [7, 11) is 3.59. The largest absolute Gasteiger partial charge is 0.384 e. The van der Waals surface area contributed by atoms with Gasteiger partial charge in [0.15, 0.2) is 0 Å². The fourth-order valence-corrected chi connectivity index (χ4v) is 2.04. The van der Waals surface area contributed by atoms with Crippen molar-refractivity contribution in [2.75, 3.05) is 27.4 Å². The molecular formula is C10H20O2. The van der Waals surface area contributed by atoms with Gasteiger partial charge in [0.05, 0.1) is 0 Å². The van der Waals surface area contributed by atoms with Gasteiger partial charge in [-0.25, -0.2) is 0 Å². The Morgan fingerprint density at radius 1 is 0.833 bits per heavy atom. The van der Waals surface area contributed by atoms with Crippen LogP contribution in [0.5, 0.6) is 0 Å². The first-order chi connectivity index (χ1) is 5.86. The maximum Gasteiger partial charge on any atom is 0.0490 e. The van der Waals surface area contributed by atoms with E-state index in [1.54, 1.807) is 14.2 Å². The van der Waals surface area contributed by atoms with Gasteiger partial charge in [0, 0.05) is 27.4 Å². The monoisotopic (exact) mass is 172 g/mol. The Hall–Kier alpha value is -0.0800. The molecular weight excluding hydrogens is 152 g/mol. The lowest BCUT2D eigenvalue weighted by Gasteiger charge is -2.27. The first-order valence-electron chi connectivity index (χ1n) is 4.84. The summed E-state index contributed by atoms with van der Waals surface area (Å²) in [5.74, 6) is 1.62. The first-order valence-corrected chi connectivity index (χ1v) is 4.84. The standard InChI is InChI=1S/C10H20O2/c1-11-7-9-3-5-10(6-4-9)8-12-2/h9-10H,3-8H2,1-2H3. The van der Waals surface area contributed by atoms with Gasteiger partial charge in [0.1, 0.15) is 0 Å². The molecule has 0 unspecified atom stereocenters. The van der Waals surface area contributed by atoms with Crippen molar-refractivity contribution in [2.45, 2.75) is 25.7 Å². The molecule has 0 aromatic carbocycles. The number of rotatable bonds is 4. The lowest BCUT2D eigenvalue weighted by atomic mass is 9.83. The molecule has 0 spiro atoms. The molecule has 0 aliphatic heterocycles. The zero-order valence-corrected chi connectivity index (χ0v) is 8.21. The van der Waals surface area contributed by atoms with Gasteiger partial charge in [-0.05, 0) is 37.5 Å². The Morgan fingerprint density at radius 2 is 1.17 bits per heavy atom. The minimum Gasteiger partial charge on any atom is -0.384 e. The van der Waals surface area contributed by atoms with Gasteiger partial charge < -0.3 is 9.47 Å². The molecule has 0 aromatic rings. The second-order valence-electron chi connectivity index (χ2n) is 3.80. The first kappa shape index (κ1) is 10.0. The third-order valence-electron chi connectivity index (χ3n) is 2.77. The predicted octanol–water partition coefficient (Wildman–Crippen LogP) is 2.09. The molecule has 72 valence electrons. The van der Waals surface area contributed by atoms with Crippen molar-refractivity contribution >= 4 is 0 Å². The minimum atomic E-state index is 0.808. The molecule has 1 rings (SSSR count). The van der Waals surface area contributed by atoms with Gasteiger partial charge >= 0.3 is 0 Å². The van der Waals surface area contributed by atoms with Crippen LogP contribution in [0.1, 0.15) is 25.7 Å². The minimum absolute atomic E-state index is 0.808. The Kier molecular flexibility index (Phi) is 4.62. The zero-order valence-electron chi connectivity index (χ0n) is 8.21. The average molecular weight is 172 g/mol. The highest BCUT2D eigenvalue weighted by molar-refractivity contribution is 4.71. The van der Waals surface area contributed by atoms with Crippen LogP contribution in [0.2, 0.25) is 0 Å². The summed E-state index contributed by atoms with van der Waals surface area (Å²) < 4.78 is 10.3. The van der Waals surface area contributed by atoms with Gasteiger partial charge in [-0.1, -0.05) is 0 Å². The lowest BCUT2D eigenvalue weighted by Crippen LogP contribution is -2.20. The highest BCUT2D eigenvalue weighted by Gasteiger charge is 2.20. The van der Waals surface area contributed by atoms with Crippen LogP contribution in [0.3, 0.4) is 0 Å². The molecule has 0 bridgehead atoms. The maximum atomic E-state index is 5.15. The van der Waals surface area contributed by atoms with Gasteiger partial charge in [-0.2, -0.15) is 0 Å². The number of hydrogen-bond donors (Lipinski definition) is 0. The van der Waals surface area contributed by atoms with Crippen molar-refractivity contribution in [3.05, 3.63) is 0 Å². The van der Waals surface area contributed by atoms with Crippen LogP contribution in [-0.4, -0.2) is 27.4 Å². The normalized spacial score (nSPS) is 30.5. The molecule has 1 saturated carbocycles. The lowest BCUT2D eigenvalue weighted by molar-refractivity contribution is 0.0862. The van der Waals surface area contributed by atoms with Crippen LogP contribution in [0.25, 0.3) is 0 Å². The van der Waals surface area contributed by atoms with Crippen LogP contribution in [0, 0.1) is 11.8 Å². The third kappa shape index (κ3) is 3.11. The molecule has 0 aromatic heterocycles. The number of ether oxygens (including phenoxy) is 2. The molecule has 0 amide bonds. The van der Waals surface area contributed by atoms with E-state index in [1.807, 2.05) is 0 Å². The Labute approximate surface area is 75.2 Å². The van der Waals surface area contributed by atoms with Gasteiger partial charge in [-0.15, -0.1) is 0 Å². The number of methoxy groups -OCH3 is 2. The molecule has 12 heavy (non-hydrogen) atoms. The second kappa shape index (κ2) is 5.55. The Bertz CT molecular complexity index is 92.4. The SMILES string of the molecule is COCC1CCC(COC)CC1. The van der Waals surface area contributed by atoms with E-state index < -0.39 is 0 Å². The zero-order chi connectivity index (χ0) is 8.81. The summed E-state index contributed by atoms with van der Waals surface area (Å²) in [6.45, 7) is 1.89. The van der Waals surface area contributed by atoms with E-state index in [-0.39, 0.29) is 0 Å². The maximum absolute atomic E-state index is 5.15. The van der Waals surface area contributed by atoms with Crippen molar-refractivity contribution in [2.24, 2.45) is 11.8 Å². The second-order valence-corrected chi connectivity index (χ2v) is 3.80. The van der Waals surface area contributed by atoms with Gasteiger partial charge in [0.25, 0.3) is 0 Å². The van der Waals surface area contributed by atoms with Crippen LogP contribution < -0.4 is 0 Å². The smallest absolute Gasteiger partial charge is 0.0490 e. The predicted molar refractivity (Wildman–Crippen MR) is 49.2 cm³/mol. The summed E-state index contributed by atoms with van der Waals surface area (Å²) in [5.41, 5.74) is 0. The Morgan fingerprint density at radius 3 is 1.42 bits per heavy atom. The molecule has 0 saturated heterocycles. The van der Waals surface area contributed by atoms with Crippen LogP contribution in [0.15, 0.2) is 0 Å². The molecule has 1 aliphatic carbocycles. The highest BCUT2D eigenvalue weighted by Crippen LogP contribution is 2.28. The van der Waals surface area contributed by atoms with E-state index in [9.17, 15) is 0 Å². The summed E-state index contributed by atoms with van der Waals surface area (Å²) in [4.78, 5) is 0. The van der Waals surface area contributed by atoms with Gasteiger partial charge in [0.2, 0.25) is 0 Å². The summed E-state index contributed by atoms with van der Waals surface area (Å²) in [6, 6.07) is 0. The van der Waals surface area contributed by atoms with E-state index in [0.717, 1.165) is 25.0 Å². The molecule has 1 fully saturated rings. The summed E-state index contributed by atoms with van der Waals surface area (Å²) in [5, 5.41) is 0. The third-order valence-corrected chi connectivity index (χ3v) is 2.77. The van der Waals surface area contributed by atoms with Gasteiger partial charge in [-0.3, -0.25) is 0 Å². The highest BCUT2D eigenvalue weighted by atomic mass is 16.5. The van der Waals surface area contributed by atoms with Crippen molar-refractivity contribution in [3.63, 3.8) is 0 Å². The molecule has 1 aliphatic rings.